The average Bonchev–Trinajstić information content (AvgIpc) is 3.70. The van der Waals surface area contributed by atoms with E-state index in [0.717, 1.165) is 25.7 Å². The number of halogens is 1. The molecule has 1 saturated carbocycles. The second-order valence-electron chi connectivity index (χ2n) is 10.9. The maximum Gasteiger partial charge on any atom is 0.323 e. The van der Waals surface area contributed by atoms with Crippen molar-refractivity contribution in [3.63, 3.8) is 0 Å². The predicted octanol–water partition coefficient (Wildman–Crippen LogP) is 2.31. The molecule has 4 rings (SSSR count). The molecule has 44 heavy (non-hydrogen) atoms. The summed E-state index contributed by atoms with van der Waals surface area (Å²) < 4.78 is 37.1. The standard InChI is InChI=1S/C27H42ClN6O9P/c1-5-41-25(37)15(3)32-44(39,33-16(4)26(38)42-6-2)14-40-13-19-20(35)21(36)24(43-19)34-12-11-18-22(29-17-9-7-8-10-17)30-27(28)31-23(18)34/h11-12,15-17,19-21,24,35-36H,5-10,13-14H2,1-4H3,(H,29,30,31)(H2,32,33,39)/t15-,16-,19+,20+,21+,24+/m0/s1. The van der Waals surface area contributed by atoms with E-state index >= 15 is 0 Å². The third-order valence-corrected chi connectivity index (χ3v) is 9.82. The minimum absolute atomic E-state index is 0.0238. The summed E-state index contributed by atoms with van der Waals surface area (Å²) >= 11 is 6.25. The summed E-state index contributed by atoms with van der Waals surface area (Å²) in [5.74, 6) is -0.685. The van der Waals surface area contributed by atoms with Crippen LogP contribution in [0.15, 0.2) is 12.3 Å². The zero-order valence-electron chi connectivity index (χ0n) is 25.3. The monoisotopic (exact) mass is 660 g/mol. The van der Waals surface area contributed by atoms with Gasteiger partial charge in [-0.15, -0.1) is 0 Å². The summed E-state index contributed by atoms with van der Waals surface area (Å²) in [6.45, 7) is 6.22. The number of aromatic nitrogens is 3. The molecular formula is C27H42ClN6O9P. The van der Waals surface area contributed by atoms with Crippen molar-refractivity contribution in [1.82, 2.24) is 24.7 Å². The molecule has 246 valence electrons. The lowest BCUT2D eigenvalue weighted by Crippen LogP contribution is -2.43. The van der Waals surface area contributed by atoms with Crippen molar-refractivity contribution >= 4 is 47.8 Å². The molecule has 2 aromatic rings. The van der Waals surface area contributed by atoms with Gasteiger partial charge in [-0.1, -0.05) is 12.8 Å². The SMILES string of the molecule is CCOC(=O)[C@H](C)NP(=O)(COC[C@H]1O[C@@H](n2ccc3c(NC4CCCC4)nc(Cl)nc32)[C@H](O)[C@@H]1O)N[C@@H](C)C(=O)OCC. The third-order valence-electron chi connectivity index (χ3n) is 7.49. The van der Waals surface area contributed by atoms with Crippen LogP contribution in [0.25, 0.3) is 11.0 Å². The van der Waals surface area contributed by atoms with E-state index in [4.69, 9.17) is 30.5 Å². The number of carbonyl (C=O) groups is 2. The van der Waals surface area contributed by atoms with Gasteiger partial charge in [0.1, 0.15) is 48.2 Å². The number of nitrogens with zero attached hydrogens (tertiary/aromatic N) is 3. The summed E-state index contributed by atoms with van der Waals surface area (Å²) in [6.07, 6.45) is 0.775. The molecule has 0 unspecified atom stereocenters. The van der Waals surface area contributed by atoms with Crippen LogP contribution in [0, 0.1) is 0 Å². The minimum atomic E-state index is -3.77. The second-order valence-corrected chi connectivity index (χ2v) is 13.5. The first-order valence-corrected chi connectivity index (χ1v) is 17.1. The van der Waals surface area contributed by atoms with Crippen molar-refractivity contribution < 1.29 is 43.3 Å². The maximum atomic E-state index is 13.8. The van der Waals surface area contributed by atoms with Crippen molar-refractivity contribution in [2.75, 3.05) is 31.5 Å². The fourth-order valence-corrected chi connectivity index (χ4v) is 7.57. The Morgan fingerprint density at radius 3 is 2.30 bits per heavy atom. The molecule has 2 aliphatic rings. The minimum Gasteiger partial charge on any atom is -0.465 e. The van der Waals surface area contributed by atoms with E-state index in [2.05, 4.69) is 25.5 Å². The zero-order chi connectivity index (χ0) is 32.0. The Kier molecular flexibility index (Phi) is 12.0. The Bertz CT molecular complexity index is 1310. The molecule has 0 aromatic carbocycles. The van der Waals surface area contributed by atoms with Crippen molar-refractivity contribution in [2.45, 2.75) is 96.0 Å². The first-order valence-electron chi connectivity index (χ1n) is 14.8. The van der Waals surface area contributed by atoms with Gasteiger partial charge in [0.25, 0.3) is 0 Å². The quantitative estimate of drug-likeness (QED) is 0.106. The number of ether oxygens (including phenoxy) is 4. The van der Waals surface area contributed by atoms with Crippen LogP contribution >= 0.6 is 19.0 Å². The summed E-state index contributed by atoms with van der Waals surface area (Å²) in [4.78, 5) is 33.1. The van der Waals surface area contributed by atoms with Gasteiger partial charge in [-0.2, -0.15) is 4.98 Å². The molecule has 17 heteroatoms. The fourth-order valence-electron chi connectivity index (χ4n) is 5.36. The second kappa shape index (κ2) is 15.3. The Balaban J connectivity index is 1.45. The molecule has 2 aromatic heterocycles. The van der Waals surface area contributed by atoms with E-state index in [0.29, 0.717) is 16.9 Å². The highest BCUT2D eigenvalue weighted by Gasteiger charge is 2.45. The fraction of sp³-hybridized carbons (Fsp3) is 0.704. The van der Waals surface area contributed by atoms with Gasteiger partial charge in [-0.25, -0.2) is 15.2 Å². The van der Waals surface area contributed by atoms with Crippen LogP contribution in [0.4, 0.5) is 5.82 Å². The number of hydrogen-bond acceptors (Lipinski definition) is 12. The van der Waals surface area contributed by atoms with Crippen LogP contribution in [0.1, 0.15) is 59.6 Å². The Morgan fingerprint density at radius 2 is 1.70 bits per heavy atom. The van der Waals surface area contributed by atoms with E-state index in [9.17, 15) is 24.4 Å². The molecular weight excluding hydrogens is 619 g/mol. The summed E-state index contributed by atoms with van der Waals surface area (Å²) in [5.41, 5.74) is 0.419. The predicted molar refractivity (Wildman–Crippen MR) is 161 cm³/mol. The molecule has 0 bridgehead atoms. The molecule has 1 aliphatic carbocycles. The largest absolute Gasteiger partial charge is 0.465 e. The van der Waals surface area contributed by atoms with Crippen molar-refractivity contribution in [3.8, 4) is 0 Å². The lowest BCUT2D eigenvalue weighted by atomic mass is 10.1. The number of nitrogens with one attached hydrogen (secondary N) is 3. The van der Waals surface area contributed by atoms with Crippen molar-refractivity contribution in [1.29, 1.82) is 0 Å². The summed E-state index contributed by atoms with van der Waals surface area (Å²) in [6, 6.07) is 0.0900. The van der Waals surface area contributed by atoms with Crippen molar-refractivity contribution in [2.24, 2.45) is 0 Å². The molecule has 3 heterocycles. The number of aliphatic hydroxyl groups excluding tert-OH is 2. The normalized spacial score (nSPS) is 24.0. The summed E-state index contributed by atoms with van der Waals surface area (Å²) in [7, 11) is -3.77. The number of rotatable bonds is 15. The van der Waals surface area contributed by atoms with Crippen LogP contribution in [-0.2, 0) is 33.1 Å². The third kappa shape index (κ3) is 8.26. The van der Waals surface area contributed by atoms with Gasteiger partial charge in [0.15, 0.2) is 6.23 Å². The van der Waals surface area contributed by atoms with Gasteiger partial charge in [-0.05, 0) is 58.2 Å². The molecule has 6 atom stereocenters. The molecule has 15 nitrogen and oxygen atoms in total. The van der Waals surface area contributed by atoms with E-state index in [1.807, 2.05) is 0 Å². The topological polar surface area (TPSA) is 195 Å². The lowest BCUT2D eigenvalue weighted by molar-refractivity contribution is -0.145. The van der Waals surface area contributed by atoms with E-state index in [1.54, 1.807) is 30.7 Å². The van der Waals surface area contributed by atoms with Gasteiger partial charge in [0.2, 0.25) is 12.7 Å². The van der Waals surface area contributed by atoms with Gasteiger partial charge in [0, 0.05) is 12.2 Å². The number of carbonyl (C=O) groups excluding carboxylic acids is 2. The van der Waals surface area contributed by atoms with Crippen LogP contribution in [0.3, 0.4) is 0 Å². The van der Waals surface area contributed by atoms with Crippen molar-refractivity contribution in [3.05, 3.63) is 17.5 Å². The van der Waals surface area contributed by atoms with Crippen LogP contribution < -0.4 is 15.5 Å². The number of fused-ring (bicyclic) bond motifs is 1. The molecule has 0 spiro atoms. The van der Waals surface area contributed by atoms with Gasteiger partial charge >= 0.3 is 11.9 Å². The molecule has 5 N–H and O–H groups in total. The first kappa shape index (κ1) is 34.5. The molecule has 1 aliphatic heterocycles. The Hall–Kier alpha value is -2.36. The molecule has 0 radical (unpaired) electrons. The zero-order valence-corrected chi connectivity index (χ0v) is 26.9. The van der Waals surface area contributed by atoms with Gasteiger partial charge < -0.3 is 39.0 Å². The highest BCUT2D eigenvalue weighted by Crippen LogP contribution is 2.39. The molecule has 0 amide bonds. The number of hydrogen-bond donors (Lipinski definition) is 5. The first-order chi connectivity index (χ1) is 21.0. The van der Waals surface area contributed by atoms with E-state index in [1.165, 1.54) is 13.8 Å². The van der Waals surface area contributed by atoms with Gasteiger partial charge in [0.05, 0.1) is 25.2 Å². The molecule has 2 fully saturated rings. The van der Waals surface area contributed by atoms with Crippen LogP contribution in [0.5, 0.6) is 0 Å². The average molecular weight is 661 g/mol. The number of anilines is 1. The highest BCUT2D eigenvalue weighted by molar-refractivity contribution is 7.59. The summed E-state index contributed by atoms with van der Waals surface area (Å²) in [5, 5.41) is 31.3. The van der Waals surface area contributed by atoms with Gasteiger partial charge in [-0.3, -0.25) is 14.2 Å². The number of esters is 2. The number of aliphatic hydroxyl groups is 2. The smallest absolute Gasteiger partial charge is 0.323 e. The molecule has 1 saturated heterocycles. The van der Waals surface area contributed by atoms with E-state index in [-0.39, 0.29) is 31.1 Å². The Morgan fingerprint density at radius 1 is 1.09 bits per heavy atom. The van der Waals surface area contributed by atoms with Crippen LogP contribution in [-0.4, -0.2) is 99.3 Å². The Labute approximate surface area is 260 Å². The highest BCUT2D eigenvalue weighted by atomic mass is 35.5. The maximum absolute atomic E-state index is 13.8. The lowest BCUT2D eigenvalue weighted by Gasteiger charge is -2.26. The van der Waals surface area contributed by atoms with E-state index < -0.39 is 62.4 Å². The van der Waals surface area contributed by atoms with Crippen LogP contribution in [0.2, 0.25) is 5.28 Å².